The lowest BCUT2D eigenvalue weighted by Crippen LogP contribution is -2.45. The molecule has 1 fully saturated rings. The Morgan fingerprint density at radius 3 is 2.73 bits per heavy atom. The molecule has 1 aliphatic rings. The number of nitrogens with one attached hydrogen (secondary N) is 1. The normalized spacial score (nSPS) is 21.9. The second-order valence-corrected chi connectivity index (χ2v) is 5.87. The first-order valence-corrected chi connectivity index (χ1v) is 7.46. The highest BCUT2D eigenvalue weighted by Crippen LogP contribution is 2.26. The van der Waals surface area contributed by atoms with Gasteiger partial charge in [0.05, 0.1) is 11.7 Å². The number of H-pyrrole nitrogens is 1. The van der Waals surface area contributed by atoms with Gasteiger partial charge in [-0.2, -0.15) is 0 Å². The summed E-state index contributed by atoms with van der Waals surface area (Å²) in [4.78, 5) is 17.3. The van der Waals surface area contributed by atoms with Crippen LogP contribution in [0, 0.1) is 11.7 Å². The summed E-state index contributed by atoms with van der Waals surface area (Å²) in [5, 5.41) is 9.97. The van der Waals surface area contributed by atoms with E-state index in [0.29, 0.717) is 18.7 Å². The van der Waals surface area contributed by atoms with Crippen LogP contribution in [0.25, 0.3) is 11.1 Å². The Balaban J connectivity index is 1.85. The van der Waals surface area contributed by atoms with Crippen molar-refractivity contribution in [2.45, 2.75) is 19.4 Å². The number of aromatic amines is 1. The standard InChI is InChI=1S/C17H19FN2O2/c1-11-6-7-20(10-16(11)21)17(22)15-9-19-8-14(15)12-2-4-13(18)5-3-12/h2-5,8-9,11,16,19,21H,6-7,10H2,1H3. The van der Waals surface area contributed by atoms with Gasteiger partial charge < -0.3 is 15.0 Å². The number of hydrogen-bond donors (Lipinski definition) is 2. The van der Waals surface area contributed by atoms with Gasteiger partial charge in [-0.25, -0.2) is 4.39 Å². The minimum atomic E-state index is -0.481. The van der Waals surface area contributed by atoms with Crippen LogP contribution in [0.2, 0.25) is 0 Å². The van der Waals surface area contributed by atoms with Crippen molar-refractivity contribution < 1.29 is 14.3 Å². The number of aromatic nitrogens is 1. The molecule has 22 heavy (non-hydrogen) atoms. The molecule has 1 aromatic carbocycles. The number of hydrogen-bond acceptors (Lipinski definition) is 2. The summed E-state index contributed by atoms with van der Waals surface area (Å²) < 4.78 is 13.0. The van der Waals surface area contributed by atoms with Gasteiger partial charge in [0.1, 0.15) is 5.82 Å². The predicted octanol–water partition coefficient (Wildman–Crippen LogP) is 2.66. The summed E-state index contributed by atoms with van der Waals surface area (Å²) in [6.07, 6.45) is 3.71. The second-order valence-electron chi connectivity index (χ2n) is 5.87. The number of β-amino-alcohol motifs (C(OH)–C–C–N with tert-alkyl or cyclic N) is 1. The minimum absolute atomic E-state index is 0.105. The van der Waals surface area contributed by atoms with E-state index in [2.05, 4.69) is 4.98 Å². The van der Waals surface area contributed by atoms with Crippen LogP contribution in [-0.2, 0) is 0 Å². The van der Waals surface area contributed by atoms with E-state index in [1.54, 1.807) is 29.4 Å². The SMILES string of the molecule is CC1CCN(C(=O)c2c[nH]cc2-c2ccc(F)cc2)CC1O. The minimum Gasteiger partial charge on any atom is -0.391 e. The van der Waals surface area contributed by atoms with E-state index in [0.717, 1.165) is 17.5 Å². The van der Waals surface area contributed by atoms with E-state index in [4.69, 9.17) is 0 Å². The van der Waals surface area contributed by atoms with E-state index < -0.39 is 6.10 Å². The van der Waals surface area contributed by atoms with Crippen LogP contribution in [0.4, 0.5) is 4.39 Å². The zero-order valence-corrected chi connectivity index (χ0v) is 12.4. The number of benzene rings is 1. The molecular weight excluding hydrogens is 283 g/mol. The van der Waals surface area contributed by atoms with E-state index in [-0.39, 0.29) is 17.6 Å². The van der Waals surface area contributed by atoms with Crippen molar-refractivity contribution in [3.05, 3.63) is 48.0 Å². The third-order valence-corrected chi connectivity index (χ3v) is 4.34. The summed E-state index contributed by atoms with van der Waals surface area (Å²) in [6, 6.07) is 6.07. The molecule has 1 aromatic heterocycles. The maximum Gasteiger partial charge on any atom is 0.256 e. The maximum atomic E-state index is 13.0. The van der Waals surface area contributed by atoms with Crippen LogP contribution >= 0.6 is 0 Å². The highest BCUT2D eigenvalue weighted by atomic mass is 19.1. The maximum absolute atomic E-state index is 13.0. The van der Waals surface area contributed by atoms with Gasteiger partial charge in [-0.05, 0) is 30.0 Å². The molecule has 116 valence electrons. The van der Waals surface area contributed by atoms with Crippen LogP contribution in [-0.4, -0.2) is 40.1 Å². The average molecular weight is 302 g/mol. The Bertz CT molecular complexity index is 666. The smallest absolute Gasteiger partial charge is 0.256 e. The number of amides is 1. The molecule has 1 aliphatic heterocycles. The molecular formula is C17H19FN2O2. The van der Waals surface area contributed by atoms with E-state index in [1.807, 2.05) is 6.92 Å². The lowest BCUT2D eigenvalue weighted by atomic mass is 9.95. The molecule has 2 N–H and O–H groups in total. The Labute approximate surface area is 128 Å². The van der Waals surface area contributed by atoms with Crippen LogP contribution in [0.1, 0.15) is 23.7 Å². The zero-order chi connectivity index (χ0) is 15.7. The highest BCUT2D eigenvalue weighted by Gasteiger charge is 2.29. The highest BCUT2D eigenvalue weighted by molar-refractivity contribution is 6.00. The number of piperidine rings is 1. The van der Waals surface area contributed by atoms with Gasteiger partial charge in [0.25, 0.3) is 5.91 Å². The number of aliphatic hydroxyl groups is 1. The van der Waals surface area contributed by atoms with Crippen molar-refractivity contribution in [2.24, 2.45) is 5.92 Å². The van der Waals surface area contributed by atoms with E-state index in [1.165, 1.54) is 12.1 Å². The van der Waals surface area contributed by atoms with Crippen molar-refractivity contribution in [1.82, 2.24) is 9.88 Å². The number of carbonyl (C=O) groups is 1. The Hall–Kier alpha value is -2.14. The number of rotatable bonds is 2. The second kappa shape index (κ2) is 5.93. The fourth-order valence-electron chi connectivity index (χ4n) is 2.81. The van der Waals surface area contributed by atoms with Gasteiger partial charge in [0, 0.05) is 31.0 Å². The Morgan fingerprint density at radius 1 is 1.32 bits per heavy atom. The molecule has 3 rings (SSSR count). The lowest BCUT2D eigenvalue weighted by Gasteiger charge is -2.34. The molecule has 4 nitrogen and oxygen atoms in total. The molecule has 2 atom stereocenters. The van der Waals surface area contributed by atoms with Crippen molar-refractivity contribution in [2.75, 3.05) is 13.1 Å². The number of likely N-dealkylation sites (tertiary alicyclic amines) is 1. The van der Waals surface area contributed by atoms with Gasteiger partial charge in [-0.3, -0.25) is 4.79 Å². The topological polar surface area (TPSA) is 56.3 Å². The van der Waals surface area contributed by atoms with Crippen molar-refractivity contribution in [1.29, 1.82) is 0 Å². The molecule has 0 bridgehead atoms. The molecule has 2 heterocycles. The monoisotopic (exact) mass is 302 g/mol. The number of halogens is 1. The van der Waals surface area contributed by atoms with Crippen LogP contribution in [0.5, 0.6) is 0 Å². The molecule has 2 unspecified atom stereocenters. The van der Waals surface area contributed by atoms with Gasteiger partial charge >= 0.3 is 0 Å². The summed E-state index contributed by atoms with van der Waals surface area (Å²) in [6.45, 7) is 2.99. The number of aliphatic hydroxyl groups excluding tert-OH is 1. The van der Waals surface area contributed by atoms with Crippen molar-refractivity contribution >= 4 is 5.91 Å². The quantitative estimate of drug-likeness (QED) is 0.896. The van der Waals surface area contributed by atoms with Crippen LogP contribution in [0.15, 0.2) is 36.7 Å². The summed E-state index contributed by atoms with van der Waals surface area (Å²) in [5.41, 5.74) is 2.09. The number of nitrogens with zero attached hydrogens (tertiary/aromatic N) is 1. The average Bonchev–Trinajstić information content (AvgIpc) is 2.99. The van der Waals surface area contributed by atoms with Gasteiger partial charge in [0.15, 0.2) is 0 Å². The zero-order valence-electron chi connectivity index (χ0n) is 12.4. The third-order valence-electron chi connectivity index (χ3n) is 4.34. The summed E-state index contributed by atoms with van der Waals surface area (Å²) >= 11 is 0. The van der Waals surface area contributed by atoms with Crippen molar-refractivity contribution in [3.63, 3.8) is 0 Å². The van der Waals surface area contributed by atoms with Gasteiger partial charge in [-0.15, -0.1) is 0 Å². The summed E-state index contributed by atoms with van der Waals surface area (Å²) in [5.74, 6) is -0.196. The Morgan fingerprint density at radius 2 is 2.05 bits per heavy atom. The molecule has 2 aromatic rings. The van der Waals surface area contributed by atoms with Gasteiger partial charge in [-0.1, -0.05) is 19.1 Å². The molecule has 5 heteroatoms. The first-order chi connectivity index (χ1) is 10.6. The first-order valence-electron chi connectivity index (χ1n) is 7.46. The largest absolute Gasteiger partial charge is 0.391 e. The van der Waals surface area contributed by atoms with Crippen molar-refractivity contribution in [3.8, 4) is 11.1 Å². The summed E-state index contributed by atoms with van der Waals surface area (Å²) in [7, 11) is 0. The first kappa shape index (κ1) is 14.8. The fraction of sp³-hybridized carbons (Fsp3) is 0.353. The number of carbonyl (C=O) groups excluding carboxylic acids is 1. The van der Waals surface area contributed by atoms with Crippen LogP contribution in [0.3, 0.4) is 0 Å². The Kier molecular flexibility index (Phi) is 3.98. The third kappa shape index (κ3) is 2.76. The lowest BCUT2D eigenvalue weighted by molar-refractivity contribution is 0.0249. The van der Waals surface area contributed by atoms with Gasteiger partial charge in [0.2, 0.25) is 0 Å². The van der Waals surface area contributed by atoms with E-state index in [9.17, 15) is 14.3 Å². The fourth-order valence-corrected chi connectivity index (χ4v) is 2.81. The van der Waals surface area contributed by atoms with Crippen LogP contribution < -0.4 is 0 Å². The molecule has 1 saturated heterocycles. The predicted molar refractivity (Wildman–Crippen MR) is 81.9 cm³/mol. The molecule has 1 amide bonds. The molecule has 0 saturated carbocycles. The van der Waals surface area contributed by atoms with E-state index >= 15 is 0 Å². The molecule has 0 radical (unpaired) electrons. The molecule has 0 aliphatic carbocycles. The molecule has 0 spiro atoms.